The topological polar surface area (TPSA) is 178 Å². The first-order valence-electron chi connectivity index (χ1n) is 20.6. The first kappa shape index (κ1) is 42.0. The highest BCUT2D eigenvalue weighted by atomic mass is 19.1. The van der Waals surface area contributed by atoms with Crippen LogP contribution >= 0.6 is 0 Å². The van der Waals surface area contributed by atoms with Crippen molar-refractivity contribution in [1.82, 2.24) is 40.4 Å². The van der Waals surface area contributed by atoms with Gasteiger partial charge in [-0.25, -0.2) is 23.9 Å². The Morgan fingerprint density at radius 2 is 1.15 bits per heavy atom. The molecule has 2 fully saturated rings. The molecule has 4 atom stereocenters. The molecule has 2 aromatic heterocycles. The molecule has 16 heteroatoms. The van der Waals surface area contributed by atoms with Crippen LogP contribution in [0.15, 0.2) is 60.7 Å². The summed E-state index contributed by atoms with van der Waals surface area (Å²) in [5.74, 6) is 0.453. The van der Waals surface area contributed by atoms with Gasteiger partial charge >= 0.3 is 12.2 Å². The molecule has 4 heterocycles. The lowest BCUT2D eigenvalue weighted by Crippen LogP contribution is -2.51. The third-order valence-corrected chi connectivity index (χ3v) is 11.6. The van der Waals surface area contributed by atoms with Crippen LogP contribution in [0, 0.1) is 17.7 Å². The van der Waals surface area contributed by atoms with Crippen molar-refractivity contribution in [3.05, 3.63) is 89.3 Å². The van der Waals surface area contributed by atoms with Crippen LogP contribution in [0.4, 0.5) is 19.7 Å². The maximum Gasteiger partial charge on any atom is 0.407 e. The van der Waals surface area contributed by atoms with Crippen LogP contribution in [0.3, 0.4) is 0 Å². The van der Waals surface area contributed by atoms with E-state index in [0.29, 0.717) is 37.8 Å². The minimum Gasteiger partial charge on any atom is -0.453 e. The summed E-state index contributed by atoms with van der Waals surface area (Å²) in [5, 5.41) is 5.40. The van der Waals surface area contributed by atoms with Gasteiger partial charge in [-0.15, -0.1) is 0 Å². The first-order valence-corrected chi connectivity index (χ1v) is 20.6. The summed E-state index contributed by atoms with van der Waals surface area (Å²) in [6.07, 6.45) is 1.82. The van der Waals surface area contributed by atoms with Gasteiger partial charge in [-0.2, -0.15) is 0 Å². The van der Waals surface area contributed by atoms with Crippen LogP contribution in [-0.4, -0.2) is 93.1 Å². The summed E-state index contributed by atoms with van der Waals surface area (Å²) < 4.78 is 23.7. The van der Waals surface area contributed by atoms with E-state index in [1.54, 1.807) is 21.9 Å². The second-order valence-electron chi connectivity index (χ2n) is 16.4. The van der Waals surface area contributed by atoms with Gasteiger partial charge in [0.25, 0.3) is 0 Å². The third-order valence-electron chi connectivity index (χ3n) is 11.6. The lowest BCUT2D eigenvalue weighted by atomic mass is 10.0. The van der Waals surface area contributed by atoms with Crippen LogP contribution in [0.5, 0.6) is 0 Å². The number of likely N-dealkylation sites (tertiary alicyclic amines) is 2. The van der Waals surface area contributed by atoms with E-state index >= 15 is 0 Å². The maximum absolute atomic E-state index is 14.1. The normalized spacial score (nSPS) is 17.7. The van der Waals surface area contributed by atoms with E-state index in [-0.39, 0.29) is 41.6 Å². The summed E-state index contributed by atoms with van der Waals surface area (Å²) in [6, 6.07) is 16.6. The summed E-state index contributed by atoms with van der Waals surface area (Å²) in [5.41, 5.74) is 6.06. The van der Waals surface area contributed by atoms with Crippen molar-refractivity contribution < 1.29 is 33.0 Å². The van der Waals surface area contributed by atoms with Crippen molar-refractivity contribution in [2.24, 2.45) is 11.8 Å². The van der Waals surface area contributed by atoms with Gasteiger partial charge in [-0.3, -0.25) is 9.59 Å². The zero-order chi connectivity index (χ0) is 42.7. The molecule has 4 amide bonds. The standard InChI is InChI=1S/C44H54FN9O6/c1-25(2)37(50-43(57)59-5)41(55)53-19-7-9-35(53)39-46-31-17-11-27(21-33(31)48-39)23-52(30-15-13-29(45)14-16-30)24-28-12-18-32-34(22-28)49-40(47-32)36-10-8-20-54(36)42(56)38(26(3)4)51-44(58)60-6/h11-18,21-22,25-26,35-38H,7-10,19-20,23-24H2,1-6H3,(H,46,48)(H,47,49)(H,50,57)(H,51,58). The number of nitrogens with one attached hydrogen (secondary N) is 4. The number of halogens is 1. The SMILES string of the molecule is COC(=O)NC(C(=O)N1CCCC1c1nc2ccc(CN(Cc3ccc4nc(C5CCCN5C(=O)C(NC(=O)OC)C(C)C)[nH]c4c3)c3ccc(F)cc3)cc2[nH]1)C(C)C. The number of fused-ring (bicyclic) bond motifs is 2. The lowest BCUT2D eigenvalue weighted by molar-refractivity contribution is -0.136. The molecule has 7 rings (SSSR count). The number of carbonyl (C=O) groups excluding carboxylic acids is 4. The molecule has 4 N–H and O–H groups in total. The van der Waals surface area contributed by atoms with E-state index in [9.17, 15) is 23.6 Å². The van der Waals surface area contributed by atoms with Crippen LogP contribution in [0.1, 0.15) is 88.2 Å². The van der Waals surface area contributed by atoms with Crippen LogP contribution < -0.4 is 15.5 Å². The van der Waals surface area contributed by atoms with Gasteiger partial charge in [0.05, 0.1) is 48.4 Å². The van der Waals surface area contributed by atoms with Crippen molar-refractivity contribution in [1.29, 1.82) is 0 Å². The van der Waals surface area contributed by atoms with Gasteiger partial charge in [0.15, 0.2) is 0 Å². The number of carbonyl (C=O) groups is 4. The molecular weight excluding hydrogens is 770 g/mol. The molecule has 5 aromatic rings. The molecular formula is C44H54FN9O6. The average Bonchev–Trinajstić information content (AvgIpc) is 4.06. The van der Waals surface area contributed by atoms with Crippen molar-refractivity contribution in [2.75, 3.05) is 32.2 Å². The number of hydrogen-bond donors (Lipinski definition) is 4. The van der Waals surface area contributed by atoms with Gasteiger partial charge in [-0.1, -0.05) is 39.8 Å². The molecule has 0 bridgehead atoms. The Bertz CT molecular complexity index is 2200. The Morgan fingerprint density at radius 3 is 1.55 bits per heavy atom. The average molecular weight is 824 g/mol. The van der Waals surface area contributed by atoms with Crippen molar-refractivity contribution in [3.8, 4) is 0 Å². The number of hydrogen-bond acceptors (Lipinski definition) is 9. The Balaban J connectivity index is 1.10. The summed E-state index contributed by atoms with van der Waals surface area (Å²) in [4.78, 5) is 74.1. The number of nitrogens with zero attached hydrogens (tertiary/aromatic N) is 5. The fourth-order valence-electron chi connectivity index (χ4n) is 8.38. The zero-order valence-corrected chi connectivity index (χ0v) is 35.0. The summed E-state index contributed by atoms with van der Waals surface area (Å²) in [7, 11) is 2.56. The number of aromatic nitrogens is 4. The number of aromatic amines is 2. The second kappa shape index (κ2) is 18.0. The molecule has 60 heavy (non-hydrogen) atoms. The number of anilines is 1. The highest BCUT2D eigenvalue weighted by Gasteiger charge is 2.39. The largest absolute Gasteiger partial charge is 0.453 e. The maximum atomic E-state index is 14.1. The smallest absolute Gasteiger partial charge is 0.407 e. The fourth-order valence-corrected chi connectivity index (χ4v) is 8.38. The number of methoxy groups -OCH3 is 2. The molecule has 2 aliphatic rings. The van der Waals surface area contributed by atoms with Crippen LogP contribution in [-0.2, 0) is 32.2 Å². The molecule has 0 spiro atoms. The highest BCUT2D eigenvalue weighted by Crippen LogP contribution is 2.35. The van der Waals surface area contributed by atoms with Gasteiger partial charge in [-0.05, 0) is 97.2 Å². The zero-order valence-electron chi connectivity index (χ0n) is 35.0. The van der Waals surface area contributed by atoms with Crippen LogP contribution in [0.25, 0.3) is 22.1 Å². The molecule has 0 saturated carbocycles. The Kier molecular flexibility index (Phi) is 12.6. The monoisotopic (exact) mass is 823 g/mol. The number of benzene rings is 3. The number of alkyl carbamates (subject to hydrolysis) is 2. The van der Waals surface area contributed by atoms with Crippen molar-refractivity contribution in [2.45, 2.75) is 90.6 Å². The van der Waals surface area contributed by atoms with Crippen molar-refractivity contribution >= 4 is 51.8 Å². The van der Waals surface area contributed by atoms with Gasteiger partial charge < -0.3 is 44.8 Å². The molecule has 0 radical (unpaired) electrons. The molecule has 3 aromatic carbocycles. The van der Waals surface area contributed by atoms with E-state index in [0.717, 1.165) is 64.6 Å². The minimum atomic E-state index is -0.725. The Labute approximate surface area is 348 Å². The Hall–Kier alpha value is -6.19. The van der Waals surface area contributed by atoms with Gasteiger partial charge in [0.2, 0.25) is 11.8 Å². The number of ether oxygens (including phenoxy) is 2. The highest BCUT2D eigenvalue weighted by molar-refractivity contribution is 5.87. The van der Waals surface area contributed by atoms with Crippen LogP contribution in [0.2, 0.25) is 0 Å². The summed E-state index contributed by atoms with van der Waals surface area (Å²) in [6.45, 7) is 9.68. The number of imidazole rings is 2. The predicted molar refractivity (Wildman–Crippen MR) is 224 cm³/mol. The molecule has 15 nitrogen and oxygen atoms in total. The van der Waals surface area contributed by atoms with Gasteiger partial charge in [0.1, 0.15) is 29.5 Å². The minimum absolute atomic E-state index is 0.138. The Morgan fingerprint density at radius 1 is 0.717 bits per heavy atom. The molecule has 2 aliphatic heterocycles. The predicted octanol–water partition coefficient (Wildman–Crippen LogP) is 6.87. The quantitative estimate of drug-likeness (QED) is 0.0987. The molecule has 0 aliphatic carbocycles. The second-order valence-corrected chi connectivity index (χ2v) is 16.4. The number of rotatable bonds is 13. The van der Waals surface area contributed by atoms with E-state index in [1.165, 1.54) is 26.4 Å². The fraction of sp³-hybridized carbons (Fsp3) is 0.455. The van der Waals surface area contributed by atoms with E-state index in [4.69, 9.17) is 19.4 Å². The molecule has 4 unspecified atom stereocenters. The number of amides is 4. The third kappa shape index (κ3) is 9.01. The molecule has 318 valence electrons. The van der Waals surface area contributed by atoms with Crippen molar-refractivity contribution in [3.63, 3.8) is 0 Å². The van der Waals surface area contributed by atoms with E-state index in [2.05, 4.69) is 37.6 Å². The van der Waals surface area contributed by atoms with E-state index < -0.39 is 24.3 Å². The molecule has 2 saturated heterocycles. The first-order chi connectivity index (χ1) is 28.8. The van der Waals surface area contributed by atoms with Gasteiger partial charge in [0, 0.05) is 31.9 Å². The van der Waals surface area contributed by atoms with E-state index in [1.807, 2.05) is 52.0 Å². The number of H-pyrrole nitrogens is 2. The lowest BCUT2D eigenvalue weighted by Gasteiger charge is -2.29. The summed E-state index contributed by atoms with van der Waals surface area (Å²) >= 11 is 0.